The Labute approximate surface area is 167 Å². The first kappa shape index (κ1) is 18.6. The molecule has 0 bridgehead atoms. The lowest BCUT2D eigenvalue weighted by atomic mass is 10.1. The number of nitrogens with one attached hydrogen (secondary N) is 1. The van der Waals surface area contributed by atoms with Gasteiger partial charge in [0.1, 0.15) is 0 Å². The number of anilines is 2. The van der Waals surface area contributed by atoms with Gasteiger partial charge in [-0.3, -0.25) is 19.3 Å². The zero-order valence-electron chi connectivity index (χ0n) is 16.2. The molecule has 3 aromatic rings. The molecule has 146 valence electrons. The lowest BCUT2D eigenvalue weighted by molar-refractivity contribution is -0.121. The fraction of sp³-hybridized carbons (Fsp3) is 0.182. The van der Waals surface area contributed by atoms with Crippen molar-refractivity contribution in [3.05, 3.63) is 71.5 Å². The molecule has 2 aromatic carbocycles. The summed E-state index contributed by atoms with van der Waals surface area (Å²) in [6.45, 7) is 3.66. The molecule has 3 amide bonds. The van der Waals surface area contributed by atoms with E-state index >= 15 is 0 Å². The van der Waals surface area contributed by atoms with Gasteiger partial charge in [0.05, 0.1) is 11.4 Å². The van der Waals surface area contributed by atoms with E-state index < -0.39 is 0 Å². The molecule has 1 aliphatic heterocycles. The topological polar surface area (TPSA) is 84.3 Å². The predicted molar refractivity (Wildman–Crippen MR) is 109 cm³/mol. The molecule has 0 saturated carbocycles. The van der Waals surface area contributed by atoms with Crippen LogP contribution >= 0.6 is 0 Å². The van der Waals surface area contributed by atoms with Crippen molar-refractivity contribution in [3.8, 4) is 5.69 Å². The Kier molecular flexibility index (Phi) is 4.72. The van der Waals surface area contributed by atoms with E-state index in [2.05, 4.69) is 10.4 Å². The summed E-state index contributed by atoms with van der Waals surface area (Å²) in [5, 5.41) is 7.26. The van der Waals surface area contributed by atoms with Crippen LogP contribution in [0.1, 0.15) is 34.6 Å². The van der Waals surface area contributed by atoms with Crippen LogP contribution in [0.4, 0.5) is 11.4 Å². The molecule has 1 saturated heterocycles. The van der Waals surface area contributed by atoms with Gasteiger partial charge in [-0.2, -0.15) is 5.10 Å². The van der Waals surface area contributed by atoms with Crippen LogP contribution in [0.3, 0.4) is 0 Å². The molecule has 7 nitrogen and oxygen atoms in total. The van der Waals surface area contributed by atoms with E-state index in [0.29, 0.717) is 16.9 Å². The predicted octanol–water partition coefficient (Wildman–Crippen LogP) is 3.39. The third-order valence-electron chi connectivity index (χ3n) is 4.97. The lowest BCUT2D eigenvalue weighted by Crippen LogP contribution is -2.29. The van der Waals surface area contributed by atoms with Gasteiger partial charge in [-0.1, -0.05) is 24.3 Å². The highest BCUT2D eigenvalue weighted by Gasteiger charge is 2.31. The number of amides is 3. The van der Waals surface area contributed by atoms with E-state index in [1.807, 2.05) is 37.3 Å². The van der Waals surface area contributed by atoms with Gasteiger partial charge in [0, 0.05) is 24.2 Å². The number of rotatable bonds is 4. The van der Waals surface area contributed by atoms with E-state index in [-0.39, 0.29) is 36.3 Å². The van der Waals surface area contributed by atoms with Crippen molar-refractivity contribution in [1.29, 1.82) is 0 Å². The number of carbonyl (C=O) groups excluding carboxylic acids is 3. The van der Waals surface area contributed by atoms with Gasteiger partial charge in [0.15, 0.2) is 5.69 Å². The van der Waals surface area contributed by atoms with Crippen molar-refractivity contribution in [2.24, 2.45) is 0 Å². The van der Waals surface area contributed by atoms with Gasteiger partial charge in [-0.25, -0.2) is 4.68 Å². The second-order valence-electron chi connectivity index (χ2n) is 6.95. The molecular formula is C22H20N4O3. The lowest BCUT2D eigenvalue weighted by Gasteiger charge is -2.19. The number of para-hydroxylation sites is 1. The van der Waals surface area contributed by atoms with Gasteiger partial charge in [0.25, 0.3) is 5.91 Å². The number of carbonyl (C=O) groups is 3. The number of imide groups is 1. The first-order valence-electron chi connectivity index (χ1n) is 9.34. The Bertz CT molecular complexity index is 1100. The van der Waals surface area contributed by atoms with Crippen molar-refractivity contribution in [2.45, 2.75) is 26.7 Å². The normalized spacial score (nSPS) is 13.8. The minimum atomic E-state index is -0.359. The third kappa shape index (κ3) is 3.42. The summed E-state index contributed by atoms with van der Waals surface area (Å²) in [6.07, 6.45) is 0.427. The highest BCUT2D eigenvalue weighted by atomic mass is 16.2. The highest BCUT2D eigenvalue weighted by Crippen LogP contribution is 2.30. The molecule has 0 radical (unpaired) electrons. The Morgan fingerprint density at radius 2 is 1.66 bits per heavy atom. The monoisotopic (exact) mass is 388 g/mol. The molecular weight excluding hydrogens is 368 g/mol. The van der Waals surface area contributed by atoms with Crippen molar-refractivity contribution in [2.75, 3.05) is 10.2 Å². The summed E-state index contributed by atoms with van der Waals surface area (Å²) in [5.41, 5.74) is 3.68. The maximum atomic E-state index is 12.8. The smallest absolute Gasteiger partial charge is 0.276 e. The van der Waals surface area contributed by atoms with Crippen LogP contribution in [0, 0.1) is 13.8 Å². The maximum Gasteiger partial charge on any atom is 0.276 e. The van der Waals surface area contributed by atoms with Gasteiger partial charge in [-0.05, 0) is 49.7 Å². The van der Waals surface area contributed by atoms with E-state index in [4.69, 9.17) is 0 Å². The van der Waals surface area contributed by atoms with E-state index in [1.54, 1.807) is 35.9 Å². The van der Waals surface area contributed by atoms with Crippen LogP contribution in [-0.4, -0.2) is 27.5 Å². The zero-order chi connectivity index (χ0) is 20.5. The minimum absolute atomic E-state index is 0.213. The van der Waals surface area contributed by atoms with Gasteiger partial charge < -0.3 is 5.32 Å². The van der Waals surface area contributed by atoms with Crippen LogP contribution in [0.5, 0.6) is 0 Å². The molecule has 0 spiro atoms. The molecule has 2 heterocycles. The number of nitrogens with zero attached hydrogens (tertiary/aromatic N) is 3. The Morgan fingerprint density at radius 3 is 2.34 bits per heavy atom. The summed E-state index contributed by atoms with van der Waals surface area (Å²) >= 11 is 0. The first-order chi connectivity index (χ1) is 14.0. The summed E-state index contributed by atoms with van der Waals surface area (Å²) in [6, 6.07) is 16.4. The van der Waals surface area contributed by atoms with E-state index in [1.165, 1.54) is 4.90 Å². The summed E-state index contributed by atoms with van der Waals surface area (Å²) in [5.74, 6) is -0.806. The van der Waals surface area contributed by atoms with Crippen LogP contribution < -0.4 is 10.2 Å². The second-order valence-corrected chi connectivity index (χ2v) is 6.95. The fourth-order valence-electron chi connectivity index (χ4n) is 3.45. The summed E-state index contributed by atoms with van der Waals surface area (Å²) in [7, 11) is 0. The molecule has 7 heteroatoms. The Hall–Kier alpha value is -3.74. The highest BCUT2D eigenvalue weighted by molar-refractivity contribution is 6.20. The zero-order valence-corrected chi connectivity index (χ0v) is 16.2. The molecule has 0 unspecified atom stereocenters. The van der Waals surface area contributed by atoms with Crippen molar-refractivity contribution >= 4 is 29.1 Å². The molecule has 4 rings (SSSR count). The van der Waals surface area contributed by atoms with Gasteiger partial charge in [0.2, 0.25) is 11.8 Å². The number of aromatic nitrogens is 2. The number of benzene rings is 2. The molecule has 1 aromatic heterocycles. The average Bonchev–Trinajstić information content (AvgIpc) is 3.26. The quantitative estimate of drug-likeness (QED) is 0.695. The maximum absolute atomic E-state index is 12.8. The van der Waals surface area contributed by atoms with Gasteiger partial charge in [-0.15, -0.1) is 0 Å². The largest absolute Gasteiger partial charge is 0.320 e. The molecule has 29 heavy (non-hydrogen) atoms. The Morgan fingerprint density at radius 1 is 0.966 bits per heavy atom. The van der Waals surface area contributed by atoms with Crippen LogP contribution in [0.25, 0.3) is 5.69 Å². The number of hydrogen-bond donors (Lipinski definition) is 1. The van der Waals surface area contributed by atoms with Gasteiger partial charge >= 0.3 is 0 Å². The van der Waals surface area contributed by atoms with E-state index in [9.17, 15) is 14.4 Å². The fourth-order valence-corrected chi connectivity index (χ4v) is 3.45. The first-order valence-corrected chi connectivity index (χ1v) is 9.34. The standard InChI is InChI=1S/C22H20N4O3/c1-14-13-18(24-26(14)16-7-4-3-5-8-16)22(29)23-17-9-6-10-19(15(17)2)25-20(27)11-12-21(25)28/h3-10,13H,11-12H2,1-2H3,(H,23,29). The van der Waals surface area contributed by atoms with Crippen LogP contribution in [0.15, 0.2) is 54.6 Å². The third-order valence-corrected chi connectivity index (χ3v) is 4.97. The Balaban J connectivity index is 1.61. The minimum Gasteiger partial charge on any atom is -0.320 e. The van der Waals surface area contributed by atoms with Crippen molar-refractivity contribution < 1.29 is 14.4 Å². The van der Waals surface area contributed by atoms with E-state index in [0.717, 1.165) is 11.4 Å². The van der Waals surface area contributed by atoms with Crippen molar-refractivity contribution in [1.82, 2.24) is 9.78 Å². The summed E-state index contributed by atoms with van der Waals surface area (Å²) in [4.78, 5) is 38.1. The molecule has 1 aliphatic rings. The molecule has 1 N–H and O–H groups in total. The number of aryl methyl sites for hydroxylation is 1. The van der Waals surface area contributed by atoms with Crippen molar-refractivity contribution in [3.63, 3.8) is 0 Å². The second kappa shape index (κ2) is 7.35. The SMILES string of the molecule is Cc1c(NC(=O)c2cc(C)n(-c3ccccc3)n2)cccc1N1C(=O)CCC1=O. The average molecular weight is 388 g/mol. The molecule has 0 aliphatic carbocycles. The summed E-state index contributed by atoms with van der Waals surface area (Å²) < 4.78 is 1.71. The number of hydrogen-bond acceptors (Lipinski definition) is 4. The molecule has 0 atom stereocenters. The van der Waals surface area contributed by atoms with Crippen LogP contribution in [0.2, 0.25) is 0 Å². The van der Waals surface area contributed by atoms with Crippen LogP contribution in [-0.2, 0) is 9.59 Å². The molecule has 1 fully saturated rings.